The van der Waals surface area contributed by atoms with Crippen LogP contribution in [0.25, 0.3) is 0 Å². The van der Waals surface area contributed by atoms with Gasteiger partial charge in [0.05, 0.1) is 17.4 Å². The van der Waals surface area contributed by atoms with Gasteiger partial charge in [-0.2, -0.15) is 4.98 Å². The van der Waals surface area contributed by atoms with Crippen molar-refractivity contribution in [1.82, 2.24) is 9.97 Å². The van der Waals surface area contributed by atoms with Crippen LogP contribution in [0.1, 0.15) is 27.7 Å². The third-order valence-electron chi connectivity index (χ3n) is 2.74. The second kappa shape index (κ2) is 4.05. The number of ether oxygens (including phenoxy) is 1. The van der Waals surface area contributed by atoms with E-state index in [1.807, 2.05) is 32.6 Å². The molecule has 1 aliphatic rings. The lowest BCUT2D eigenvalue weighted by molar-refractivity contribution is -0.133. The summed E-state index contributed by atoms with van der Waals surface area (Å²) >= 11 is 0. The first-order chi connectivity index (χ1) is 8.19. The Labute approximate surface area is 106 Å². The summed E-state index contributed by atoms with van der Waals surface area (Å²) in [6.45, 7) is 9.02. The zero-order chi connectivity index (χ0) is 13.6. The Morgan fingerprint density at radius 2 is 1.83 bits per heavy atom. The standard InChI is InChI=1S/C12H19FN4O/c1-11(2)6-17(7-12(3,4)18-11)9-8(13)5-15-10(14)16-9/h5H,6-7H2,1-4H3,(H2,14,15,16). The van der Waals surface area contributed by atoms with Gasteiger partial charge >= 0.3 is 0 Å². The van der Waals surface area contributed by atoms with Crippen molar-refractivity contribution >= 4 is 11.8 Å². The number of nitrogens with two attached hydrogens (primary N) is 1. The van der Waals surface area contributed by atoms with Crippen molar-refractivity contribution in [3.05, 3.63) is 12.0 Å². The molecule has 0 aliphatic carbocycles. The van der Waals surface area contributed by atoms with Crippen LogP contribution in [0.15, 0.2) is 6.20 Å². The molecule has 0 atom stereocenters. The molecule has 18 heavy (non-hydrogen) atoms. The highest BCUT2D eigenvalue weighted by Gasteiger charge is 2.39. The van der Waals surface area contributed by atoms with Crippen LogP contribution in [0.3, 0.4) is 0 Å². The number of nitrogen functional groups attached to an aromatic ring is 1. The summed E-state index contributed by atoms with van der Waals surface area (Å²) in [7, 11) is 0. The largest absolute Gasteiger partial charge is 0.368 e. The molecule has 6 heteroatoms. The van der Waals surface area contributed by atoms with Crippen molar-refractivity contribution in [3.63, 3.8) is 0 Å². The average Bonchev–Trinajstić information content (AvgIpc) is 2.17. The molecular formula is C12H19FN4O. The first-order valence-corrected chi connectivity index (χ1v) is 5.92. The molecule has 100 valence electrons. The molecule has 2 heterocycles. The van der Waals surface area contributed by atoms with Gasteiger partial charge in [-0.25, -0.2) is 9.37 Å². The molecule has 1 saturated heterocycles. The van der Waals surface area contributed by atoms with Crippen molar-refractivity contribution in [2.24, 2.45) is 0 Å². The number of rotatable bonds is 1. The van der Waals surface area contributed by atoms with Gasteiger partial charge in [0.1, 0.15) is 0 Å². The van der Waals surface area contributed by atoms with Crippen LogP contribution < -0.4 is 10.6 Å². The Balaban J connectivity index is 2.35. The Hall–Kier alpha value is -1.43. The van der Waals surface area contributed by atoms with E-state index < -0.39 is 5.82 Å². The predicted molar refractivity (Wildman–Crippen MR) is 67.9 cm³/mol. The van der Waals surface area contributed by atoms with Gasteiger partial charge in [-0.05, 0) is 27.7 Å². The van der Waals surface area contributed by atoms with E-state index in [0.717, 1.165) is 6.20 Å². The number of hydrogen-bond acceptors (Lipinski definition) is 5. The third kappa shape index (κ3) is 2.69. The van der Waals surface area contributed by atoms with Crippen molar-refractivity contribution < 1.29 is 9.13 Å². The highest BCUT2D eigenvalue weighted by Crippen LogP contribution is 2.31. The number of halogens is 1. The summed E-state index contributed by atoms with van der Waals surface area (Å²) in [6.07, 6.45) is 1.10. The number of aromatic nitrogens is 2. The molecule has 1 fully saturated rings. The minimum Gasteiger partial charge on any atom is -0.368 e. The molecule has 2 N–H and O–H groups in total. The Morgan fingerprint density at radius 1 is 1.28 bits per heavy atom. The van der Waals surface area contributed by atoms with Gasteiger partial charge in [-0.15, -0.1) is 0 Å². The zero-order valence-electron chi connectivity index (χ0n) is 11.2. The zero-order valence-corrected chi connectivity index (χ0v) is 11.2. The summed E-state index contributed by atoms with van der Waals surface area (Å²) in [5, 5.41) is 0. The molecule has 0 unspecified atom stereocenters. The Bertz CT molecular complexity index is 445. The molecule has 0 saturated carbocycles. The smallest absolute Gasteiger partial charge is 0.222 e. The first-order valence-electron chi connectivity index (χ1n) is 5.92. The van der Waals surface area contributed by atoms with Crippen LogP contribution in [0.2, 0.25) is 0 Å². The second-order valence-corrected chi connectivity index (χ2v) is 5.88. The number of nitrogens with zero attached hydrogens (tertiary/aromatic N) is 3. The molecule has 0 bridgehead atoms. The molecular weight excluding hydrogens is 235 g/mol. The fourth-order valence-electron chi connectivity index (χ4n) is 2.53. The molecule has 2 rings (SSSR count). The van der Waals surface area contributed by atoms with Gasteiger partial charge in [-0.3, -0.25) is 0 Å². The first kappa shape index (κ1) is 13.0. The van der Waals surface area contributed by atoms with Crippen LogP contribution in [0.4, 0.5) is 16.2 Å². The van der Waals surface area contributed by atoms with Crippen LogP contribution >= 0.6 is 0 Å². The van der Waals surface area contributed by atoms with Crippen molar-refractivity contribution in [3.8, 4) is 0 Å². The summed E-state index contributed by atoms with van der Waals surface area (Å²) in [5.41, 5.74) is 4.79. The van der Waals surface area contributed by atoms with Gasteiger partial charge in [0.15, 0.2) is 11.6 Å². The Morgan fingerprint density at radius 3 is 2.39 bits per heavy atom. The van der Waals surface area contributed by atoms with E-state index in [2.05, 4.69) is 9.97 Å². The van der Waals surface area contributed by atoms with Crippen molar-refractivity contribution in [1.29, 1.82) is 0 Å². The van der Waals surface area contributed by atoms with Crippen LogP contribution in [0.5, 0.6) is 0 Å². The molecule has 0 aromatic carbocycles. The molecule has 1 aromatic rings. The monoisotopic (exact) mass is 254 g/mol. The summed E-state index contributed by atoms with van der Waals surface area (Å²) in [4.78, 5) is 9.49. The lowest BCUT2D eigenvalue weighted by Crippen LogP contribution is -2.57. The van der Waals surface area contributed by atoms with Gasteiger partial charge in [0.2, 0.25) is 5.95 Å². The van der Waals surface area contributed by atoms with E-state index in [1.54, 1.807) is 0 Å². The van der Waals surface area contributed by atoms with E-state index in [9.17, 15) is 4.39 Å². The van der Waals surface area contributed by atoms with Gasteiger partial charge in [0, 0.05) is 13.1 Å². The number of morpholine rings is 1. The lowest BCUT2D eigenvalue weighted by Gasteiger charge is -2.47. The molecule has 1 aromatic heterocycles. The van der Waals surface area contributed by atoms with E-state index in [1.165, 1.54) is 0 Å². The summed E-state index contributed by atoms with van der Waals surface area (Å²) in [6, 6.07) is 0. The topological polar surface area (TPSA) is 64.3 Å². The molecule has 1 aliphatic heterocycles. The van der Waals surface area contributed by atoms with E-state index in [-0.39, 0.29) is 23.0 Å². The summed E-state index contributed by atoms with van der Waals surface area (Å²) in [5.74, 6) is -0.141. The van der Waals surface area contributed by atoms with Gasteiger partial charge in [0.25, 0.3) is 0 Å². The minimum atomic E-state index is -0.460. The van der Waals surface area contributed by atoms with Crippen LogP contribution in [-0.2, 0) is 4.74 Å². The SMILES string of the molecule is CC1(C)CN(c2nc(N)ncc2F)CC(C)(C)O1. The van der Waals surface area contributed by atoms with E-state index in [4.69, 9.17) is 10.5 Å². The predicted octanol–water partition coefficient (Wildman–Crippen LogP) is 1.59. The normalized spacial score (nSPS) is 21.9. The number of anilines is 2. The highest BCUT2D eigenvalue weighted by atomic mass is 19.1. The molecule has 0 radical (unpaired) electrons. The van der Waals surface area contributed by atoms with Crippen LogP contribution in [-0.4, -0.2) is 34.3 Å². The molecule has 5 nitrogen and oxygen atoms in total. The van der Waals surface area contributed by atoms with E-state index in [0.29, 0.717) is 13.1 Å². The molecule has 0 spiro atoms. The maximum atomic E-state index is 13.8. The minimum absolute atomic E-state index is 0.0773. The quantitative estimate of drug-likeness (QED) is 0.824. The lowest BCUT2D eigenvalue weighted by atomic mass is 9.99. The van der Waals surface area contributed by atoms with Crippen molar-refractivity contribution in [2.75, 3.05) is 23.7 Å². The maximum absolute atomic E-state index is 13.8. The van der Waals surface area contributed by atoms with E-state index >= 15 is 0 Å². The number of hydrogen-bond donors (Lipinski definition) is 1. The van der Waals surface area contributed by atoms with Crippen molar-refractivity contribution in [2.45, 2.75) is 38.9 Å². The molecule has 0 amide bonds. The van der Waals surface area contributed by atoms with Crippen LogP contribution in [0, 0.1) is 5.82 Å². The fourth-order valence-corrected chi connectivity index (χ4v) is 2.53. The van der Waals surface area contributed by atoms with Gasteiger partial charge < -0.3 is 15.4 Å². The second-order valence-electron chi connectivity index (χ2n) is 5.88. The maximum Gasteiger partial charge on any atom is 0.222 e. The van der Waals surface area contributed by atoms with Gasteiger partial charge in [-0.1, -0.05) is 0 Å². The Kier molecular flexibility index (Phi) is 2.93. The highest BCUT2D eigenvalue weighted by molar-refractivity contribution is 5.44. The third-order valence-corrected chi connectivity index (χ3v) is 2.74. The fraction of sp³-hybridized carbons (Fsp3) is 0.667. The average molecular weight is 254 g/mol. The summed E-state index contributed by atoms with van der Waals surface area (Å²) < 4.78 is 19.7.